The number of fused-ring (bicyclic) bond motifs is 1. The number of benzene rings is 4. The van der Waals surface area contributed by atoms with E-state index in [4.69, 9.17) is 4.74 Å². The maximum Gasteiger partial charge on any atom is 0.174 e. The Kier molecular flexibility index (Phi) is 6.25. The van der Waals surface area contributed by atoms with Crippen molar-refractivity contribution < 1.29 is 30.0 Å². The second kappa shape index (κ2) is 9.54. The minimum absolute atomic E-state index is 0.000648. The first-order chi connectivity index (χ1) is 17.7. The van der Waals surface area contributed by atoms with Gasteiger partial charge in [-0.25, -0.2) is 0 Å². The zero-order valence-electron chi connectivity index (χ0n) is 20.7. The number of ether oxygens (including phenoxy) is 1. The van der Waals surface area contributed by atoms with E-state index in [2.05, 4.69) is 0 Å². The molecule has 6 nitrogen and oxygen atoms in total. The van der Waals surface area contributed by atoms with E-state index in [-0.39, 0.29) is 64.9 Å². The highest BCUT2D eigenvalue weighted by atomic mass is 16.5. The summed E-state index contributed by atoms with van der Waals surface area (Å²) in [5, 5.41) is 43.7. The van der Waals surface area contributed by atoms with Gasteiger partial charge in [-0.3, -0.25) is 4.79 Å². The van der Waals surface area contributed by atoms with Gasteiger partial charge in [0.2, 0.25) is 0 Å². The molecule has 37 heavy (non-hydrogen) atoms. The number of phenols is 4. The Hall–Kier alpha value is -4.45. The molecule has 0 spiro atoms. The van der Waals surface area contributed by atoms with Crippen LogP contribution < -0.4 is 4.74 Å². The van der Waals surface area contributed by atoms with Crippen molar-refractivity contribution >= 4 is 5.78 Å². The summed E-state index contributed by atoms with van der Waals surface area (Å²) in [5.41, 5.74) is 4.10. The molecule has 6 heteroatoms. The molecule has 0 aromatic heterocycles. The third-order valence-corrected chi connectivity index (χ3v) is 6.88. The van der Waals surface area contributed by atoms with E-state index >= 15 is 0 Å². The van der Waals surface area contributed by atoms with Crippen LogP contribution in [0.2, 0.25) is 0 Å². The number of aromatic hydroxyl groups is 4. The second-order valence-corrected chi connectivity index (χ2v) is 9.62. The van der Waals surface area contributed by atoms with Crippen LogP contribution in [-0.4, -0.2) is 26.2 Å². The highest BCUT2D eigenvalue weighted by molar-refractivity contribution is 6.04. The number of hydrogen-bond acceptors (Lipinski definition) is 6. The number of Topliss-reactive ketones (excluding diaryl/α,β-unsaturated/α-hetero) is 1. The minimum atomic E-state index is -0.587. The van der Waals surface area contributed by atoms with Crippen LogP contribution in [0.4, 0.5) is 0 Å². The Bertz CT molecular complexity index is 1510. The largest absolute Gasteiger partial charge is 0.508 e. The Balaban J connectivity index is 1.70. The number of carbonyl (C=O) groups is 1. The van der Waals surface area contributed by atoms with Gasteiger partial charge in [0.25, 0.3) is 0 Å². The quantitative estimate of drug-likeness (QED) is 0.269. The summed E-state index contributed by atoms with van der Waals surface area (Å²) in [6.45, 7) is 3.77. The molecule has 0 fully saturated rings. The first-order valence-corrected chi connectivity index (χ1v) is 12.1. The number of carbonyl (C=O) groups excluding carboxylic acids is 1. The van der Waals surface area contributed by atoms with Crippen LogP contribution in [0.15, 0.2) is 66.7 Å². The standard InChI is InChI=1S/C31H28O6/c1-17-8-10-24(32)20(12-17)14-22-29(35)23(15-21-13-18(2)9-11-25(21)33)31-28(30(22)36)26(34)16-27(37-31)19-6-4-3-5-7-19/h3-13,27,32-33,35-36H,14-16H2,1-2H3. The van der Waals surface area contributed by atoms with Crippen molar-refractivity contribution in [3.8, 4) is 28.7 Å². The fourth-order valence-electron chi connectivity index (χ4n) is 4.93. The van der Waals surface area contributed by atoms with E-state index < -0.39 is 6.10 Å². The number of ketones is 1. The van der Waals surface area contributed by atoms with Gasteiger partial charge in [-0.15, -0.1) is 0 Å². The molecule has 0 saturated carbocycles. The lowest BCUT2D eigenvalue weighted by molar-refractivity contribution is 0.0842. The summed E-state index contributed by atoms with van der Waals surface area (Å²) < 4.78 is 6.30. The molecule has 1 atom stereocenters. The molecule has 5 rings (SSSR count). The Labute approximate surface area is 215 Å². The summed E-state index contributed by atoms with van der Waals surface area (Å²) in [4.78, 5) is 13.4. The van der Waals surface area contributed by atoms with Gasteiger partial charge in [0.1, 0.15) is 40.4 Å². The van der Waals surface area contributed by atoms with Crippen molar-refractivity contribution in [1.82, 2.24) is 0 Å². The maximum atomic E-state index is 13.4. The van der Waals surface area contributed by atoms with Crippen molar-refractivity contribution in [2.24, 2.45) is 0 Å². The van der Waals surface area contributed by atoms with Crippen molar-refractivity contribution in [1.29, 1.82) is 0 Å². The van der Waals surface area contributed by atoms with Gasteiger partial charge in [0.15, 0.2) is 5.78 Å². The summed E-state index contributed by atoms with van der Waals surface area (Å²) in [6.07, 6.45) is -0.486. The molecule has 0 bridgehead atoms. The summed E-state index contributed by atoms with van der Waals surface area (Å²) in [7, 11) is 0. The van der Waals surface area contributed by atoms with E-state index in [1.54, 1.807) is 36.4 Å². The molecule has 0 radical (unpaired) electrons. The van der Waals surface area contributed by atoms with Crippen LogP contribution in [0, 0.1) is 13.8 Å². The van der Waals surface area contributed by atoms with Gasteiger partial charge in [-0.1, -0.05) is 65.7 Å². The van der Waals surface area contributed by atoms with E-state index in [1.807, 2.05) is 44.2 Å². The first kappa shape index (κ1) is 24.3. The van der Waals surface area contributed by atoms with Crippen LogP contribution in [-0.2, 0) is 12.8 Å². The van der Waals surface area contributed by atoms with Crippen molar-refractivity contribution in [2.45, 2.75) is 39.2 Å². The van der Waals surface area contributed by atoms with Crippen molar-refractivity contribution in [3.63, 3.8) is 0 Å². The Morgan fingerprint density at radius 1 is 0.757 bits per heavy atom. The van der Waals surface area contributed by atoms with Gasteiger partial charge < -0.3 is 25.2 Å². The molecule has 188 valence electrons. The molecule has 1 heterocycles. The van der Waals surface area contributed by atoms with E-state index in [0.717, 1.165) is 16.7 Å². The zero-order valence-corrected chi connectivity index (χ0v) is 20.7. The average molecular weight is 497 g/mol. The van der Waals surface area contributed by atoms with E-state index in [9.17, 15) is 25.2 Å². The summed E-state index contributed by atoms with van der Waals surface area (Å²) in [5.74, 6) is -0.727. The topological polar surface area (TPSA) is 107 Å². The fraction of sp³-hybridized carbons (Fsp3) is 0.194. The SMILES string of the molecule is Cc1ccc(O)c(Cc2c(O)c(Cc3cc(C)ccc3O)c3c(c2O)C(=O)CC(c2ccccc2)O3)c1. The van der Waals surface area contributed by atoms with Crippen LogP contribution in [0.25, 0.3) is 0 Å². The predicted molar refractivity (Wildman–Crippen MR) is 140 cm³/mol. The smallest absolute Gasteiger partial charge is 0.174 e. The van der Waals surface area contributed by atoms with Gasteiger partial charge in [-0.2, -0.15) is 0 Å². The molecular formula is C31H28O6. The fourth-order valence-corrected chi connectivity index (χ4v) is 4.93. The lowest BCUT2D eigenvalue weighted by Gasteiger charge is -2.30. The monoisotopic (exact) mass is 496 g/mol. The molecule has 0 amide bonds. The summed E-state index contributed by atoms with van der Waals surface area (Å²) in [6, 6.07) is 19.6. The first-order valence-electron chi connectivity index (χ1n) is 12.1. The second-order valence-electron chi connectivity index (χ2n) is 9.62. The zero-order chi connectivity index (χ0) is 26.3. The van der Waals surface area contributed by atoms with Crippen LogP contribution in [0.1, 0.15) is 61.8 Å². The molecule has 1 aliphatic rings. The molecule has 4 aromatic rings. The van der Waals surface area contributed by atoms with Crippen molar-refractivity contribution in [3.05, 3.63) is 111 Å². The molecule has 0 saturated heterocycles. The molecule has 4 aromatic carbocycles. The van der Waals surface area contributed by atoms with Gasteiger partial charge in [-0.05, 0) is 42.7 Å². The van der Waals surface area contributed by atoms with Crippen LogP contribution in [0.3, 0.4) is 0 Å². The molecular weight excluding hydrogens is 468 g/mol. The highest BCUT2D eigenvalue weighted by Crippen LogP contribution is 2.50. The number of aryl methyl sites for hydroxylation is 2. The maximum absolute atomic E-state index is 13.4. The van der Waals surface area contributed by atoms with Gasteiger partial charge in [0, 0.05) is 24.0 Å². The van der Waals surface area contributed by atoms with E-state index in [1.165, 1.54) is 0 Å². The number of phenolic OH excluding ortho intramolecular Hbond substituents is 4. The molecule has 1 unspecified atom stereocenters. The minimum Gasteiger partial charge on any atom is -0.508 e. The number of hydrogen-bond donors (Lipinski definition) is 4. The normalized spacial score (nSPS) is 14.8. The van der Waals surface area contributed by atoms with Gasteiger partial charge in [0.05, 0.1) is 6.42 Å². The van der Waals surface area contributed by atoms with Gasteiger partial charge >= 0.3 is 0 Å². The van der Waals surface area contributed by atoms with Crippen molar-refractivity contribution in [2.75, 3.05) is 0 Å². The molecule has 0 aliphatic carbocycles. The predicted octanol–water partition coefficient (Wildman–Crippen LogP) is 6.01. The molecule has 4 N–H and O–H groups in total. The lowest BCUT2D eigenvalue weighted by atomic mass is 9.87. The lowest BCUT2D eigenvalue weighted by Crippen LogP contribution is -2.22. The Morgan fingerprint density at radius 3 is 1.92 bits per heavy atom. The van der Waals surface area contributed by atoms with Crippen LogP contribution >= 0.6 is 0 Å². The highest BCUT2D eigenvalue weighted by Gasteiger charge is 2.36. The van der Waals surface area contributed by atoms with Crippen LogP contribution in [0.5, 0.6) is 28.7 Å². The average Bonchev–Trinajstić information content (AvgIpc) is 2.88. The number of rotatable bonds is 5. The third kappa shape index (κ3) is 4.58. The third-order valence-electron chi connectivity index (χ3n) is 6.88. The van der Waals surface area contributed by atoms with E-state index in [0.29, 0.717) is 16.7 Å². The summed E-state index contributed by atoms with van der Waals surface area (Å²) >= 11 is 0. The molecule has 1 aliphatic heterocycles. The Morgan fingerprint density at radius 2 is 1.32 bits per heavy atom.